The van der Waals surface area contributed by atoms with Crippen molar-refractivity contribution in [2.45, 2.75) is 17.9 Å². The maximum atomic E-state index is 13.6. The standard InChI is InChI=1S/C22H21F3N4O5S2/c1-12(28-34-22(31)27-17-8-7-15(24)9-16(17)25)19-10-20(21(26)35-19)36(32,33)29(2)11-18(30)13-3-5-14(23)6-4-13/h3-10,18,30H,11,26H2,1-2H3,(H,27,31)/b28-12-. The van der Waals surface area contributed by atoms with E-state index in [1.165, 1.54) is 32.2 Å². The van der Waals surface area contributed by atoms with Gasteiger partial charge in [-0.1, -0.05) is 17.3 Å². The Balaban J connectivity index is 1.69. The number of hydrogen-bond donors (Lipinski definition) is 3. The number of amides is 1. The van der Waals surface area contributed by atoms with E-state index in [9.17, 15) is 31.5 Å². The van der Waals surface area contributed by atoms with Crippen LogP contribution in [0.2, 0.25) is 0 Å². The summed E-state index contributed by atoms with van der Waals surface area (Å²) in [5, 5.41) is 15.9. The van der Waals surface area contributed by atoms with Crippen LogP contribution in [-0.2, 0) is 14.9 Å². The number of carbonyl (C=O) groups excluding carboxylic acids is 1. The second-order valence-corrected chi connectivity index (χ2v) is 10.6. The summed E-state index contributed by atoms with van der Waals surface area (Å²) in [6, 6.07) is 8.75. The molecule has 3 aromatic rings. The molecule has 0 saturated carbocycles. The topological polar surface area (TPSA) is 134 Å². The highest BCUT2D eigenvalue weighted by molar-refractivity contribution is 7.89. The summed E-state index contributed by atoms with van der Waals surface area (Å²) >= 11 is 0.867. The molecule has 0 saturated heterocycles. The molecular weight excluding hydrogens is 521 g/mol. The number of rotatable bonds is 8. The van der Waals surface area contributed by atoms with Gasteiger partial charge in [-0.3, -0.25) is 10.2 Å². The maximum absolute atomic E-state index is 13.6. The normalized spacial score (nSPS) is 13.0. The Bertz CT molecular complexity index is 1400. The number of benzene rings is 2. The fraction of sp³-hybridized carbons (Fsp3) is 0.182. The van der Waals surface area contributed by atoms with Crippen LogP contribution in [0.5, 0.6) is 0 Å². The SMILES string of the molecule is C/C(=N/OC(=O)Nc1ccc(F)cc1F)c1cc(S(=O)(=O)N(C)CC(O)c2ccc(F)cc2)c(N)s1. The summed E-state index contributed by atoms with van der Waals surface area (Å²) in [6.45, 7) is 1.10. The first-order chi connectivity index (χ1) is 16.9. The Morgan fingerprint density at radius 1 is 1.17 bits per heavy atom. The molecule has 1 aromatic heterocycles. The number of carbonyl (C=O) groups is 1. The Morgan fingerprint density at radius 3 is 2.44 bits per heavy atom. The molecule has 1 unspecified atom stereocenters. The number of halogens is 3. The third kappa shape index (κ3) is 6.40. The number of nitrogens with one attached hydrogen (secondary N) is 1. The molecule has 1 heterocycles. The quantitative estimate of drug-likeness (QED) is 0.223. The molecule has 4 N–H and O–H groups in total. The number of likely N-dealkylation sites (N-methyl/N-ethyl adjacent to an activating group) is 1. The lowest BCUT2D eigenvalue weighted by molar-refractivity contribution is 0.155. The van der Waals surface area contributed by atoms with Crippen molar-refractivity contribution in [3.05, 3.63) is 76.4 Å². The van der Waals surface area contributed by atoms with Crippen molar-refractivity contribution >= 4 is 43.9 Å². The predicted molar refractivity (Wildman–Crippen MR) is 129 cm³/mol. The van der Waals surface area contributed by atoms with E-state index in [0.717, 1.165) is 39.9 Å². The van der Waals surface area contributed by atoms with E-state index in [2.05, 4.69) is 15.3 Å². The van der Waals surface area contributed by atoms with E-state index < -0.39 is 39.7 Å². The van der Waals surface area contributed by atoms with Gasteiger partial charge in [-0.05, 0) is 42.8 Å². The van der Waals surface area contributed by atoms with Gasteiger partial charge >= 0.3 is 6.09 Å². The molecule has 0 aliphatic heterocycles. The highest BCUT2D eigenvalue weighted by Gasteiger charge is 2.28. The average molecular weight is 543 g/mol. The summed E-state index contributed by atoms with van der Waals surface area (Å²) < 4.78 is 66.6. The van der Waals surface area contributed by atoms with Crippen LogP contribution in [0.1, 0.15) is 23.5 Å². The van der Waals surface area contributed by atoms with Gasteiger partial charge < -0.3 is 10.8 Å². The zero-order valence-electron chi connectivity index (χ0n) is 18.9. The third-order valence-electron chi connectivity index (χ3n) is 4.89. The number of aliphatic hydroxyl groups is 1. The summed E-state index contributed by atoms with van der Waals surface area (Å²) in [5.74, 6) is -2.33. The van der Waals surface area contributed by atoms with E-state index in [1.807, 2.05) is 0 Å². The van der Waals surface area contributed by atoms with E-state index in [0.29, 0.717) is 11.6 Å². The molecule has 3 rings (SSSR count). The van der Waals surface area contributed by atoms with E-state index >= 15 is 0 Å². The molecule has 36 heavy (non-hydrogen) atoms. The average Bonchev–Trinajstić information content (AvgIpc) is 3.22. The van der Waals surface area contributed by atoms with Gasteiger partial charge in [-0.2, -0.15) is 4.31 Å². The van der Waals surface area contributed by atoms with E-state index in [-0.39, 0.29) is 32.7 Å². The van der Waals surface area contributed by atoms with Gasteiger partial charge in [0.2, 0.25) is 10.0 Å². The number of nitrogen functional groups attached to an aromatic ring is 1. The molecule has 0 aliphatic carbocycles. The van der Waals surface area contributed by atoms with Crippen molar-refractivity contribution < 1.29 is 36.3 Å². The number of thiophene rings is 1. The summed E-state index contributed by atoms with van der Waals surface area (Å²) in [6.07, 6.45) is -2.38. The molecule has 0 fully saturated rings. The van der Waals surface area contributed by atoms with Crippen LogP contribution in [0.3, 0.4) is 0 Å². The number of hydrogen-bond acceptors (Lipinski definition) is 8. The number of oxime groups is 1. The Morgan fingerprint density at radius 2 is 1.81 bits per heavy atom. The number of sulfonamides is 1. The highest BCUT2D eigenvalue weighted by atomic mass is 32.2. The molecule has 0 aliphatic rings. The van der Waals surface area contributed by atoms with Gasteiger partial charge in [0.05, 0.1) is 22.4 Å². The summed E-state index contributed by atoms with van der Waals surface area (Å²) in [7, 11) is -2.88. The number of nitrogens with two attached hydrogens (primary N) is 1. The molecule has 14 heteroatoms. The second kappa shape index (κ2) is 11.1. The van der Waals surface area contributed by atoms with Crippen molar-refractivity contribution in [3.8, 4) is 0 Å². The Hall–Kier alpha value is -3.46. The van der Waals surface area contributed by atoms with Crippen LogP contribution in [0.4, 0.5) is 28.7 Å². The smallest absolute Gasteiger partial charge is 0.389 e. The van der Waals surface area contributed by atoms with Gasteiger partial charge in [0.15, 0.2) is 0 Å². The van der Waals surface area contributed by atoms with Gasteiger partial charge in [0.25, 0.3) is 0 Å². The number of anilines is 2. The Kier molecular flexibility index (Phi) is 8.35. The van der Waals surface area contributed by atoms with Crippen LogP contribution in [0.25, 0.3) is 0 Å². The second-order valence-electron chi connectivity index (χ2n) is 7.50. The molecule has 0 spiro atoms. The molecule has 0 bridgehead atoms. The summed E-state index contributed by atoms with van der Waals surface area (Å²) in [4.78, 5) is 16.6. The van der Waals surface area contributed by atoms with Crippen LogP contribution in [0.15, 0.2) is 58.6 Å². The minimum atomic E-state index is -4.14. The van der Waals surface area contributed by atoms with E-state index in [1.54, 1.807) is 0 Å². The maximum Gasteiger partial charge on any atom is 0.437 e. The largest absolute Gasteiger partial charge is 0.437 e. The van der Waals surface area contributed by atoms with Crippen LogP contribution >= 0.6 is 11.3 Å². The van der Waals surface area contributed by atoms with Crippen molar-refractivity contribution in [1.29, 1.82) is 0 Å². The molecule has 1 atom stereocenters. The highest BCUT2D eigenvalue weighted by Crippen LogP contribution is 2.32. The zero-order valence-corrected chi connectivity index (χ0v) is 20.5. The van der Waals surface area contributed by atoms with Crippen LogP contribution < -0.4 is 11.1 Å². The number of nitrogens with zero attached hydrogens (tertiary/aromatic N) is 2. The van der Waals surface area contributed by atoms with Crippen molar-refractivity contribution in [2.24, 2.45) is 5.16 Å². The minimum Gasteiger partial charge on any atom is -0.389 e. The lowest BCUT2D eigenvalue weighted by Crippen LogP contribution is -2.31. The molecule has 9 nitrogen and oxygen atoms in total. The first kappa shape index (κ1) is 27.1. The lowest BCUT2D eigenvalue weighted by atomic mass is 10.1. The number of aliphatic hydroxyl groups excluding tert-OH is 1. The van der Waals surface area contributed by atoms with Gasteiger partial charge in [-0.25, -0.2) is 26.4 Å². The van der Waals surface area contributed by atoms with Crippen molar-refractivity contribution in [3.63, 3.8) is 0 Å². The zero-order chi connectivity index (χ0) is 26.6. The van der Waals surface area contributed by atoms with Gasteiger partial charge in [0.1, 0.15) is 27.3 Å². The van der Waals surface area contributed by atoms with Gasteiger partial charge in [0, 0.05) is 19.7 Å². The minimum absolute atomic E-state index is 0.0690. The molecule has 2 aromatic carbocycles. The van der Waals surface area contributed by atoms with Crippen LogP contribution in [0, 0.1) is 17.5 Å². The monoisotopic (exact) mass is 542 g/mol. The van der Waals surface area contributed by atoms with E-state index in [4.69, 9.17) is 5.73 Å². The predicted octanol–water partition coefficient (Wildman–Crippen LogP) is 4.07. The van der Waals surface area contributed by atoms with Crippen molar-refractivity contribution in [1.82, 2.24) is 4.31 Å². The lowest BCUT2D eigenvalue weighted by Gasteiger charge is -2.20. The van der Waals surface area contributed by atoms with Crippen molar-refractivity contribution in [2.75, 3.05) is 24.6 Å². The third-order valence-corrected chi connectivity index (χ3v) is 7.95. The molecule has 192 valence electrons. The molecule has 1 amide bonds. The first-order valence-electron chi connectivity index (χ1n) is 10.2. The van der Waals surface area contributed by atoms with Crippen LogP contribution in [-0.4, -0.2) is 43.2 Å². The Labute approximate surface area is 208 Å². The fourth-order valence-electron chi connectivity index (χ4n) is 2.95. The summed E-state index contributed by atoms with van der Waals surface area (Å²) in [5.41, 5.74) is 6.01. The van der Waals surface area contributed by atoms with Gasteiger partial charge in [-0.15, -0.1) is 11.3 Å². The molecular formula is C22H21F3N4O5S2. The molecule has 0 radical (unpaired) electrons. The first-order valence-corrected chi connectivity index (χ1v) is 12.4. The fourth-order valence-corrected chi connectivity index (χ4v) is 5.41.